The summed E-state index contributed by atoms with van der Waals surface area (Å²) in [5.74, 6) is -1.41. The van der Waals surface area contributed by atoms with Gasteiger partial charge in [0, 0.05) is 22.9 Å². The highest BCUT2D eigenvalue weighted by atomic mass is 32.2. The first-order valence-electron chi connectivity index (χ1n) is 19.0. The number of aromatic nitrogens is 2. The summed E-state index contributed by atoms with van der Waals surface area (Å²) in [5.41, 5.74) is 8.15. The van der Waals surface area contributed by atoms with Crippen molar-refractivity contribution in [2.45, 2.75) is 24.4 Å². The van der Waals surface area contributed by atoms with E-state index in [1.165, 1.54) is 16.7 Å². The minimum atomic E-state index is -2.52. The molecule has 59 heavy (non-hydrogen) atoms. The molecule has 296 valence electrons. The smallest absolute Gasteiger partial charge is 0.356 e. The Morgan fingerprint density at radius 1 is 0.831 bits per heavy atom. The standard InChI is InChI=1S/C45H39N6O5PS2/c1-2-55-49-36(40-48-45(46)59-50-40)41(52)47-37-42(53)51-38(44(54)56-39(30-18-8-3-9-19-30)31-20-10-4-11-21-31)32(29-58-43(37)51)28-57(33-22-12-5-13-23-33,34-24-14-6-15-25-34)35-26-16-7-17-27-35/h3-27,37,39,43H,2,28-29H2,1H3,(H2-,46,47,48,50,52)/p+1/b49-36+/t37?,43-/m1/s1. The summed E-state index contributed by atoms with van der Waals surface area (Å²) in [5, 5.41) is 9.71. The monoisotopic (exact) mass is 839 g/mol. The third kappa shape index (κ3) is 8.01. The van der Waals surface area contributed by atoms with Crippen molar-refractivity contribution in [3.63, 3.8) is 0 Å². The van der Waals surface area contributed by atoms with Gasteiger partial charge in [-0.15, -0.1) is 11.8 Å². The predicted octanol–water partition coefficient (Wildman–Crippen LogP) is 5.84. The average molecular weight is 840 g/mol. The number of β-lactam (4-membered cyclic amide) rings is 1. The Balaban J connectivity index is 1.23. The molecule has 1 unspecified atom stereocenters. The van der Waals surface area contributed by atoms with Crippen LogP contribution in [0.5, 0.6) is 0 Å². The number of fused-ring (bicyclic) bond motifs is 1. The largest absolute Gasteiger partial charge is 0.448 e. The van der Waals surface area contributed by atoms with Crippen LogP contribution in [0.3, 0.4) is 0 Å². The molecule has 0 spiro atoms. The van der Waals surface area contributed by atoms with Gasteiger partial charge in [-0.1, -0.05) is 120 Å². The number of hydrogen-bond donors (Lipinski definition) is 2. The summed E-state index contributed by atoms with van der Waals surface area (Å²) in [6, 6.07) is 49.3. The second-order valence-electron chi connectivity index (χ2n) is 13.7. The van der Waals surface area contributed by atoms with Gasteiger partial charge >= 0.3 is 5.97 Å². The average Bonchev–Trinajstić information content (AvgIpc) is 3.73. The molecule has 0 saturated carbocycles. The molecule has 2 amide bonds. The fourth-order valence-electron chi connectivity index (χ4n) is 7.45. The zero-order chi connectivity index (χ0) is 40.8. The molecule has 3 heterocycles. The third-order valence-corrected chi connectivity index (χ3v) is 16.4. The summed E-state index contributed by atoms with van der Waals surface area (Å²) in [6.07, 6.45) is -0.301. The molecule has 1 aromatic heterocycles. The molecule has 0 aliphatic carbocycles. The number of nitrogen functional groups attached to an aromatic ring is 1. The SMILES string of the molecule is CCO/N=C(/C(=O)NC1C(=O)N2C(C(=O)OC(c3ccccc3)c3ccccc3)=C(C[P+](c3ccccc3)(c3ccccc3)c3ccccc3)CS[C@H]12)c1nsc(N)n1. The maximum absolute atomic E-state index is 15.1. The number of thioether (sulfide) groups is 1. The molecular formula is C45H40N6O5PS2+. The minimum Gasteiger partial charge on any atom is -0.448 e. The zero-order valence-corrected chi connectivity index (χ0v) is 34.5. The summed E-state index contributed by atoms with van der Waals surface area (Å²) in [7, 11) is -2.52. The highest BCUT2D eigenvalue weighted by molar-refractivity contribution is 8.00. The zero-order valence-electron chi connectivity index (χ0n) is 32.0. The van der Waals surface area contributed by atoms with E-state index >= 15 is 4.79 Å². The van der Waals surface area contributed by atoms with E-state index in [9.17, 15) is 9.59 Å². The molecule has 0 bridgehead atoms. The van der Waals surface area contributed by atoms with Gasteiger partial charge < -0.3 is 20.6 Å². The Labute approximate surface area is 350 Å². The van der Waals surface area contributed by atoms with Crippen LogP contribution >= 0.6 is 30.6 Å². The number of nitrogens with one attached hydrogen (secondary N) is 1. The molecule has 8 rings (SSSR count). The second-order valence-corrected chi connectivity index (χ2v) is 19.1. The number of oxime groups is 1. The molecule has 11 nitrogen and oxygen atoms in total. The molecule has 2 aliphatic heterocycles. The van der Waals surface area contributed by atoms with E-state index in [2.05, 4.69) is 56.2 Å². The molecule has 2 atom stereocenters. The van der Waals surface area contributed by atoms with Crippen molar-refractivity contribution in [2.75, 3.05) is 24.3 Å². The van der Waals surface area contributed by atoms with Crippen LogP contribution in [0.1, 0.15) is 30.0 Å². The topological polar surface area (TPSA) is 149 Å². The van der Waals surface area contributed by atoms with Crippen molar-refractivity contribution in [2.24, 2.45) is 5.16 Å². The molecule has 5 aromatic carbocycles. The van der Waals surface area contributed by atoms with Gasteiger partial charge in [0.05, 0.1) is 6.16 Å². The number of nitrogens with two attached hydrogens (primary N) is 1. The lowest BCUT2D eigenvalue weighted by molar-refractivity contribution is -0.154. The van der Waals surface area contributed by atoms with E-state index in [4.69, 9.17) is 15.3 Å². The number of rotatable bonds is 14. The summed E-state index contributed by atoms with van der Waals surface area (Å²) >= 11 is 2.40. The van der Waals surface area contributed by atoms with Gasteiger partial charge in [-0.05, 0) is 54.4 Å². The highest BCUT2D eigenvalue weighted by Crippen LogP contribution is 2.58. The van der Waals surface area contributed by atoms with Crippen LogP contribution in [0.25, 0.3) is 0 Å². The maximum atomic E-state index is 15.1. The van der Waals surface area contributed by atoms with Gasteiger partial charge in [-0.25, -0.2) is 4.79 Å². The molecule has 0 radical (unpaired) electrons. The lowest BCUT2D eigenvalue weighted by Gasteiger charge is -2.50. The third-order valence-electron chi connectivity index (χ3n) is 10.1. The Bertz CT molecular complexity index is 2360. The first kappa shape index (κ1) is 39.7. The van der Waals surface area contributed by atoms with Gasteiger partial charge in [0.2, 0.25) is 11.5 Å². The van der Waals surface area contributed by atoms with Crippen molar-refractivity contribution in [1.29, 1.82) is 0 Å². The van der Waals surface area contributed by atoms with Crippen LogP contribution in [-0.2, 0) is 24.0 Å². The fourth-order valence-corrected chi connectivity index (χ4v) is 13.7. The maximum Gasteiger partial charge on any atom is 0.356 e. The highest BCUT2D eigenvalue weighted by Gasteiger charge is 2.57. The Morgan fingerprint density at radius 3 is 1.81 bits per heavy atom. The molecule has 3 N–H and O–H groups in total. The molecule has 1 saturated heterocycles. The number of esters is 1. The first-order chi connectivity index (χ1) is 28.9. The van der Waals surface area contributed by atoms with E-state index < -0.39 is 42.6 Å². The molecule has 1 fully saturated rings. The van der Waals surface area contributed by atoms with Gasteiger partial charge in [-0.3, -0.25) is 14.5 Å². The minimum absolute atomic E-state index is 0.0132. The van der Waals surface area contributed by atoms with E-state index in [0.29, 0.717) is 11.9 Å². The summed E-state index contributed by atoms with van der Waals surface area (Å²) < 4.78 is 10.7. The quantitative estimate of drug-likeness (QED) is 0.0454. The fraction of sp³-hybridized carbons (Fsp3) is 0.156. The van der Waals surface area contributed by atoms with Crippen LogP contribution in [0.2, 0.25) is 0 Å². The number of amides is 2. The van der Waals surface area contributed by atoms with Gasteiger partial charge in [0.15, 0.2) is 11.2 Å². The predicted molar refractivity (Wildman–Crippen MR) is 235 cm³/mol. The van der Waals surface area contributed by atoms with E-state index in [0.717, 1.165) is 44.1 Å². The van der Waals surface area contributed by atoms with Gasteiger partial charge in [0.25, 0.3) is 11.8 Å². The summed E-state index contributed by atoms with van der Waals surface area (Å²) in [6.45, 7) is 1.92. The Kier molecular flexibility index (Phi) is 12.0. The number of ether oxygens (including phenoxy) is 1. The van der Waals surface area contributed by atoms with E-state index in [-0.39, 0.29) is 29.0 Å². The first-order valence-corrected chi connectivity index (χ1v) is 22.8. The van der Waals surface area contributed by atoms with Crippen LogP contribution in [0, 0.1) is 0 Å². The van der Waals surface area contributed by atoms with Crippen molar-refractivity contribution >= 4 is 75.1 Å². The number of carbonyl (C=O) groups is 3. The number of carbonyl (C=O) groups excluding carboxylic acids is 3. The van der Waals surface area contributed by atoms with Crippen LogP contribution in [0.15, 0.2) is 168 Å². The molecule has 2 aliphatic rings. The van der Waals surface area contributed by atoms with Gasteiger partial charge in [-0.2, -0.15) is 9.36 Å². The van der Waals surface area contributed by atoms with Crippen molar-refractivity contribution < 1.29 is 24.0 Å². The van der Waals surface area contributed by atoms with Crippen molar-refractivity contribution in [1.82, 2.24) is 19.6 Å². The van der Waals surface area contributed by atoms with Crippen LogP contribution < -0.4 is 27.0 Å². The van der Waals surface area contributed by atoms with E-state index in [1.807, 2.05) is 115 Å². The number of benzene rings is 5. The Morgan fingerprint density at radius 2 is 1.34 bits per heavy atom. The second kappa shape index (κ2) is 17.8. The van der Waals surface area contributed by atoms with E-state index in [1.54, 1.807) is 6.92 Å². The van der Waals surface area contributed by atoms with Crippen molar-refractivity contribution in [3.05, 3.63) is 180 Å². The number of anilines is 1. The van der Waals surface area contributed by atoms with Crippen LogP contribution in [0.4, 0.5) is 5.13 Å². The number of nitrogens with zero attached hydrogens (tertiary/aromatic N) is 4. The lowest BCUT2D eigenvalue weighted by atomic mass is 10.0. The molecule has 6 aromatic rings. The number of hydrogen-bond acceptors (Lipinski definition) is 11. The molecule has 14 heteroatoms. The summed E-state index contributed by atoms with van der Waals surface area (Å²) in [4.78, 5) is 54.2. The lowest BCUT2D eigenvalue weighted by Crippen LogP contribution is -2.71. The normalized spacial score (nSPS) is 16.6. The molecular weight excluding hydrogens is 800 g/mol. The van der Waals surface area contributed by atoms with Crippen LogP contribution in [-0.4, -0.2) is 67.7 Å². The van der Waals surface area contributed by atoms with Crippen molar-refractivity contribution in [3.8, 4) is 0 Å². The van der Waals surface area contributed by atoms with Gasteiger partial charge in [0.1, 0.15) is 46.9 Å². The Hall–Kier alpha value is -6.14.